The van der Waals surface area contributed by atoms with Gasteiger partial charge in [0, 0.05) is 0 Å². The van der Waals surface area contributed by atoms with E-state index in [0.29, 0.717) is 0 Å². The first-order valence-corrected chi connectivity index (χ1v) is 5.88. The van der Waals surface area contributed by atoms with Crippen molar-refractivity contribution in [1.82, 2.24) is 0 Å². The lowest BCUT2D eigenvalue weighted by Crippen LogP contribution is -1.83. The molecule has 0 spiro atoms. The van der Waals surface area contributed by atoms with Gasteiger partial charge in [0.1, 0.15) is 0 Å². The molecule has 1 rings (SSSR count). The molecule has 0 aliphatic rings. The van der Waals surface area contributed by atoms with E-state index in [1.807, 2.05) is 6.08 Å². The van der Waals surface area contributed by atoms with Gasteiger partial charge in [0.15, 0.2) is 0 Å². The number of benzene rings is 1. The minimum absolute atomic E-state index is 0.996. The average molecular weight is 216 g/mol. The minimum Gasteiger partial charge on any atom is -0.133 e. The number of hydrogen-bond donors (Lipinski definition) is 0. The van der Waals surface area contributed by atoms with Crippen LogP contribution in [0, 0.1) is 0 Å². The first-order valence-electron chi connectivity index (χ1n) is 5.06. The van der Waals surface area contributed by atoms with Crippen molar-refractivity contribution in [3.8, 4) is 0 Å². The SMILES string of the molecule is C=C/C=C\C(=C/C)c1cccc(CP)c1. The van der Waals surface area contributed by atoms with Crippen molar-refractivity contribution in [2.75, 3.05) is 0 Å². The molecule has 0 nitrogen and oxygen atoms in total. The highest BCUT2D eigenvalue weighted by Crippen LogP contribution is 2.18. The molecule has 0 aromatic heterocycles. The molecule has 1 aromatic carbocycles. The van der Waals surface area contributed by atoms with Crippen LogP contribution in [0.2, 0.25) is 0 Å². The summed E-state index contributed by atoms with van der Waals surface area (Å²) in [5.74, 6) is 0. The fourth-order valence-corrected chi connectivity index (χ4v) is 1.66. The molecule has 0 saturated carbocycles. The van der Waals surface area contributed by atoms with Gasteiger partial charge in [0.2, 0.25) is 0 Å². The van der Waals surface area contributed by atoms with E-state index in [1.54, 1.807) is 6.08 Å². The van der Waals surface area contributed by atoms with Crippen LogP contribution in [-0.4, -0.2) is 0 Å². The monoisotopic (exact) mass is 216 g/mol. The largest absolute Gasteiger partial charge is 0.133 e. The predicted octanol–water partition coefficient (Wildman–Crippen LogP) is 4.21. The molecule has 0 radical (unpaired) electrons. The van der Waals surface area contributed by atoms with Gasteiger partial charge in [-0.1, -0.05) is 55.1 Å². The molecular formula is C14H17P. The van der Waals surface area contributed by atoms with Gasteiger partial charge in [0.05, 0.1) is 0 Å². The van der Waals surface area contributed by atoms with Crippen LogP contribution in [0.15, 0.2) is 55.1 Å². The Balaban J connectivity index is 3.02. The zero-order chi connectivity index (χ0) is 11.1. The molecule has 0 aliphatic heterocycles. The highest BCUT2D eigenvalue weighted by molar-refractivity contribution is 7.15. The maximum Gasteiger partial charge on any atom is -0.0128 e. The Morgan fingerprint density at radius 2 is 2.27 bits per heavy atom. The lowest BCUT2D eigenvalue weighted by molar-refractivity contribution is 1.40. The number of rotatable bonds is 4. The molecule has 0 aliphatic carbocycles. The number of hydrogen-bond acceptors (Lipinski definition) is 0. The van der Waals surface area contributed by atoms with Crippen molar-refractivity contribution in [3.05, 3.63) is 66.3 Å². The van der Waals surface area contributed by atoms with E-state index in [1.165, 1.54) is 16.7 Å². The Kier molecular flexibility index (Phi) is 5.07. The van der Waals surface area contributed by atoms with Crippen molar-refractivity contribution < 1.29 is 0 Å². The van der Waals surface area contributed by atoms with Crippen LogP contribution in [0.1, 0.15) is 18.1 Å². The Morgan fingerprint density at radius 3 is 2.87 bits per heavy atom. The second kappa shape index (κ2) is 6.37. The molecule has 0 amide bonds. The predicted molar refractivity (Wildman–Crippen MR) is 72.8 cm³/mol. The Morgan fingerprint density at radius 1 is 1.47 bits per heavy atom. The summed E-state index contributed by atoms with van der Waals surface area (Å²) in [7, 11) is 2.75. The van der Waals surface area contributed by atoms with Crippen LogP contribution in [0.25, 0.3) is 5.57 Å². The van der Waals surface area contributed by atoms with E-state index in [0.717, 1.165) is 6.16 Å². The molecule has 1 unspecified atom stereocenters. The molecule has 0 heterocycles. The van der Waals surface area contributed by atoms with Gasteiger partial charge in [0.25, 0.3) is 0 Å². The fraction of sp³-hybridized carbons (Fsp3) is 0.143. The zero-order valence-corrected chi connectivity index (χ0v) is 10.3. The van der Waals surface area contributed by atoms with Crippen molar-refractivity contribution in [2.45, 2.75) is 13.1 Å². The van der Waals surface area contributed by atoms with E-state index in [-0.39, 0.29) is 0 Å². The maximum atomic E-state index is 3.68. The van der Waals surface area contributed by atoms with E-state index in [4.69, 9.17) is 0 Å². The highest BCUT2D eigenvalue weighted by atomic mass is 31.0. The van der Waals surface area contributed by atoms with Crippen molar-refractivity contribution in [2.24, 2.45) is 0 Å². The van der Waals surface area contributed by atoms with Crippen molar-refractivity contribution >= 4 is 14.8 Å². The molecule has 0 saturated heterocycles. The molecular weight excluding hydrogens is 199 g/mol. The normalized spacial score (nSPS) is 12.0. The lowest BCUT2D eigenvalue weighted by Gasteiger charge is -2.04. The van der Waals surface area contributed by atoms with Gasteiger partial charge in [-0.15, -0.1) is 9.24 Å². The number of allylic oxidation sites excluding steroid dienone is 5. The van der Waals surface area contributed by atoms with E-state index in [2.05, 4.69) is 59.2 Å². The minimum atomic E-state index is 0.996. The van der Waals surface area contributed by atoms with Crippen molar-refractivity contribution in [3.63, 3.8) is 0 Å². The van der Waals surface area contributed by atoms with Crippen LogP contribution < -0.4 is 0 Å². The molecule has 0 N–H and O–H groups in total. The Hall–Kier alpha value is -1.13. The summed E-state index contributed by atoms with van der Waals surface area (Å²) in [6, 6.07) is 8.59. The molecule has 0 fully saturated rings. The summed E-state index contributed by atoms with van der Waals surface area (Å²) in [6.07, 6.45) is 8.94. The van der Waals surface area contributed by atoms with Crippen LogP contribution in [-0.2, 0) is 6.16 Å². The van der Waals surface area contributed by atoms with E-state index < -0.39 is 0 Å². The fourth-order valence-electron chi connectivity index (χ4n) is 1.41. The molecule has 0 bridgehead atoms. The van der Waals surface area contributed by atoms with E-state index in [9.17, 15) is 0 Å². The highest BCUT2D eigenvalue weighted by Gasteiger charge is 1.97. The maximum absolute atomic E-state index is 3.68. The molecule has 1 aromatic rings. The van der Waals surface area contributed by atoms with Gasteiger partial charge < -0.3 is 0 Å². The second-order valence-corrected chi connectivity index (χ2v) is 3.65. The quantitative estimate of drug-likeness (QED) is 0.522. The third kappa shape index (κ3) is 3.49. The summed E-state index contributed by atoms with van der Waals surface area (Å²) >= 11 is 0. The van der Waals surface area contributed by atoms with Gasteiger partial charge in [-0.25, -0.2) is 0 Å². The summed E-state index contributed by atoms with van der Waals surface area (Å²) in [6.45, 7) is 5.73. The van der Waals surface area contributed by atoms with Gasteiger partial charge in [-0.2, -0.15) is 0 Å². The standard InChI is InChI=1S/C14H17P/c1-3-5-8-13(4-2)14-9-6-7-12(10-14)11-15/h3-10H,1,11,15H2,2H3/b8-5-,13-4+. The second-order valence-electron chi connectivity index (χ2n) is 3.24. The lowest BCUT2D eigenvalue weighted by atomic mass is 10.0. The molecule has 1 heteroatoms. The molecule has 15 heavy (non-hydrogen) atoms. The van der Waals surface area contributed by atoms with Crippen molar-refractivity contribution in [1.29, 1.82) is 0 Å². The van der Waals surface area contributed by atoms with Crippen LogP contribution >= 0.6 is 9.24 Å². The molecule has 1 atom stereocenters. The summed E-state index contributed by atoms with van der Waals surface area (Å²) < 4.78 is 0. The first kappa shape index (κ1) is 11.9. The molecule has 78 valence electrons. The first-order chi connectivity index (χ1) is 7.31. The zero-order valence-electron chi connectivity index (χ0n) is 9.11. The smallest absolute Gasteiger partial charge is 0.0128 e. The topological polar surface area (TPSA) is 0 Å². The third-order valence-corrected chi connectivity index (χ3v) is 2.69. The summed E-state index contributed by atoms with van der Waals surface area (Å²) in [4.78, 5) is 0. The van der Waals surface area contributed by atoms with Gasteiger partial charge >= 0.3 is 0 Å². The summed E-state index contributed by atoms with van der Waals surface area (Å²) in [5, 5.41) is 0. The summed E-state index contributed by atoms with van der Waals surface area (Å²) in [5.41, 5.74) is 3.83. The average Bonchev–Trinajstić information content (AvgIpc) is 2.30. The van der Waals surface area contributed by atoms with Crippen LogP contribution in [0.3, 0.4) is 0 Å². The Labute approximate surface area is 94.6 Å². The third-order valence-electron chi connectivity index (χ3n) is 2.22. The van der Waals surface area contributed by atoms with Crippen LogP contribution in [0.4, 0.5) is 0 Å². The van der Waals surface area contributed by atoms with Crippen LogP contribution in [0.5, 0.6) is 0 Å². The van der Waals surface area contributed by atoms with E-state index >= 15 is 0 Å². The van der Waals surface area contributed by atoms with Gasteiger partial charge in [-0.3, -0.25) is 0 Å². The van der Waals surface area contributed by atoms with Gasteiger partial charge in [-0.05, 0) is 29.8 Å². The Bertz CT molecular complexity index is 386.